The molecule has 1 rings (SSSR count). The SMILES string of the molecule is Cc1cc(OC(CO)CO)ccc1C(=O)O. The van der Waals surface area contributed by atoms with Crippen LogP contribution in [0.5, 0.6) is 5.75 Å². The van der Waals surface area contributed by atoms with Gasteiger partial charge in [-0.05, 0) is 30.7 Å². The fraction of sp³-hybridized carbons (Fsp3) is 0.364. The van der Waals surface area contributed by atoms with Crippen molar-refractivity contribution in [3.63, 3.8) is 0 Å². The van der Waals surface area contributed by atoms with Crippen LogP contribution in [0.25, 0.3) is 0 Å². The summed E-state index contributed by atoms with van der Waals surface area (Å²) in [5.41, 5.74) is 0.775. The largest absolute Gasteiger partial charge is 0.486 e. The number of aromatic carboxylic acids is 1. The molecular weight excluding hydrogens is 212 g/mol. The maximum atomic E-state index is 10.7. The summed E-state index contributed by atoms with van der Waals surface area (Å²) in [5, 5.41) is 26.5. The van der Waals surface area contributed by atoms with Crippen LogP contribution in [0.15, 0.2) is 18.2 Å². The van der Waals surface area contributed by atoms with Crippen molar-refractivity contribution in [2.24, 2.45) is 0 Å². The van der Waals surface area contributed by atoms with E-state index in [9.17, 15) is 4.79 Å². The van der Waals surface area contributed by atoms with E-state index in [4.69, 9.17) is 20.1 Å². The molecule has 0 saturated heterocycles. The van der Waals surface area contributed by atoms with E-state index in [2.05, 4.69) is 0 Å². The highest BCUT2D eigenvalue weighted by Gasteiger charge is 2.11. The number of aliphatic hydroxyl groups is 2. The standard InChI is InChI=1S/C11H14O5/c1-7-4-8(16-9(5-12)6-13)2-3-10(7)11(14)15/h2-4,9,12-13H,5-6H2,1H3,(H,14,15). The van der Waals surface area contributed by atoms with Crippen molar-refractivity contribution in [3.05, 3.63) is 29.3 Å². The van der Waals surface area contributed by atoms with Gasteiger partial charge in [-0.1, -0.05) is 0 Å². The van der Waals surface area contributed by atoms with Crippen LogP contribution in [-0.2, 0) is 0 Å². The molecule has 1 aromatic rings. The molecule has 5 nitrogen and oxygen atoms in total. The molecule has 0 fully saturated rings. The highest BCUT2D eigenvalue weighted by atomic mass is 16.5. The number of ether oxygens (including phenoxy) is 1. The molecule has 0 spiro atoms. The first kappa shape index (κ1) is 12.5. The first-order chi connectivity index (χ1) is 7.58. The van der Waals surface area contributed by atoms with E-state index in [1.165, 1.54) is 12.1 Å². The predicted octanol–water partition coefficient (Wildman–Crippen LogP) is 0.425. The molecule has 0 aromatic heterocycles. The van der Waals surface area contributed by atoms with E-state index in [0.29, 0.717) is 11.3 Å². The number of aryl methyl sites for hydroxylation is 1. The van der Waals surface area contributed by atoms with Crippen LogP contribution in [0.2, 0.25) is 0 Å². The van der Waals surface area contributed by atoms with Crippen LogP contribution in [-0.4, -0.2) is 40.6 Å². The summed E-state index contributed by atoms with van der Waals surface area (Å²) in [6.45, 7) is 1.07. The lowest BCUT2D eigenvalue weighted by Crippen LogP contribution is -2.25. The molecule has 0 bridgehead atoms. The lowest BCUT2D eigenvalue weighted by molar-refractivity contribution is 0.0626. The minimum Gasteiger partial charge on any atom is -0.486 e. The zero-order chi connectivity index (χ0) is 12.1. The molecule has 0 aliphatic rings. The summed E-state index contributed by atoms with van der Waals surface area (Å²) < 4.78 is 5.24. The smallest absolute Gasteiger partial charge is 0.335 e. The maximum Gasteiger partial charge on any atom is 0.335 e. The van der Waals surface area contributed by atoms with Gasteiger partial charge in [0.05, 0.1) is 18.8 Å². The van der Waals surface area contributed by atoms with Crippen molar-refractivity contribution in [1.82, 2.24) is 0 Å². The minimum atomic E-state index is -0.995. The van der Waals surface area contributed by atoms with Crippen molar-refractivity contribution in [1.29, 1.82) is 0 Å². The summed E-state index contributed by atoms with van der Waals surface area (Å²) in [7, 11) is 0. The van der Waals surface area contributed by atoms with E-state index < -0.39 is 12.1 Å². The quantitative estimate of drug-likeness (QED) is 0.677. The Bertz CT molecular complexity index is 371. The minimum absolute atomic E-state index is 0.205. The Hall–Kier alpha value is -1.59. The first-order valence-corrected chi connectivity index (χ1v) is 4.80. The summed E-state index contributed by atoms with van der Waals surface area (Å²) >= 11 is 0. The molecule has 0 heterocycles. The number of hydrogen-bond acceptors (Lipinski definition) is 4. The third-order valence-electron chi connectivity index (χ3n) is 2.14. The van der Waals surface area contributed by atoms with Gasteiger partial charge in [-0.15, -0.1) is 0 Å². The second-order valence-electron chi connectivity index (χ2n) is 3.39. The molecule has 0 aliphatic carbocycles. The zero-order valence-corrected chi connectivity index (χ0v) is 8.88. The molecule has 0 unspecified atom stereocenters. The second kappa shape index (κ2) is 5.48. The highest BCUT2D eigenvalue weighted by Crippen LogP contribution is 2.18. The normalized spacial score (nSPS) is 10.5. The summed E-state index contributed by atoms with van der Waals surface area (Å²) in [6.07, 6.45) is -0.685. The third kappa shape index (κ3) is 2.95. The fourth-order valence-corrected chi connectivity index (χ4v) is 1.27. The Morgan fingerprint density at radius 3 is 2.44 bits per heavy atom. The lowest BCUT2D eigenvalue weighted by atomic mass is 10.1. The van der Waals surface area contributed by atoms with E-state index in [1.807, 2.05) is 0 Å². The third-order valence-corrected chi connectivity index (χ3v) is 2.14. The van der Waals surface area contributed by atoms with Gasteiger partial charge in [-0.3, -0.25) is 0 Å². The number of carbonyl (C=O) groups is 1. The highest BCUT2D eigenvalue weighted by molar-refractivity contribution is 5.89. The van der Waals surface area contributed by atoms with E-state index in [0.717, 1.165) is 0 Å². The number of carboxylic acids is 1. The Balaban J connectivity index is 2.84. The maximum absolute atomic E-state index is 10.7. The Morgan fingerprint density at radius 2 is 2.00 bits per heavy atom. The average molecular weight is 226 g/mol. The number of carboxylic acid groups (broad SMARTS) is 1. The van der Waals surface area contributed by atoms with Crippen molar-refractivity contribution >= 4 is 5.97 Å². The second-order valence-corrected chi connectivity index (χ2v) is 3.39. The van der Waals surface area contributed by atoms with Crippen molar-refractivity contribution in [2.45, 2.75) is 13.0 Å². The summed E-state index contributed by atoms with van der Waals surface area (Å²) in [4.78, 5) is 10.7. The number of benzene rings is 1. The monoisotopic (exact) mass is 226 g/mol. The van der Waals surface area contributed by atoms with Crippen LogP contribution < -0.4 is 4.74 Å². The molecule has 16 heavy (non-hydrogen) atoms. The van der Waals surface area contributed by atoms with Gasteiger partial charge < -0.3 is 20.1 Å². The number of hydrogen-bond donors (Lipinski definition) is 3. The van der Waals surface area contributed by atoms with Crippen molar-refractivity contribution < 1.29 is 24.9 Å². The van der Waals surface area contributed by atoms with E-state index >= 15 is 0 Å². The van der Waals surface area contributed by atoms with Crippen LogP contribution in [0, 0.1) is 6.92 Å². The van der Waals surface area contributed by atoms with Crippen molar-refractivity contribution in [2.75, 3.05) is 13.2 Å². The predicted molar refractivity (Wildman–Crippen MR) is 56.7 cm³/mol. The van der Waals surface area contributed by atoms with E-state index in [-0.39, 0.29) is 18.8 Å². The van der Waals surface area contributed by atoms with Crippen LogP contribution in [0.4, 0.5) is 0 Å². The Kier molecular flexibility index (Phi) is 4.28. The molecule has 88 valence electrons. The van der Waals surface area contributed by atoms with E-state index in [1.54, 1.807) is 13.0 Å². The molecule has 0 atom stereocenters. The van der Waals surface area contributed by atoms with Gasteiger partial charge in [-0.2, -0.15) is 0 Å². The molecule has 3 N–H and O–H groups in total. The summed E-state index contributed by atoms with van der Waals surface area (Å²) in [6, 6.07) is 4.48. The van der Waals surface area contributed by atoms with Gasteiger partial charge in [0.1, 0.15) is 11.9 Å². The van der Waals surface area contributed by atoms with Gasteiger partial charge in [0.15, 0.2) is 0 Å². The molecule has 1 aromatic carbocycles. The average Bonchev–Trinajstić information content (AvgIpc) is 2.25. The molecule has 0 saturated carbocycles. The Morgan fingerprint density at radius 1 is 1.38 bits per heavy atom. The molecule has 5 heteroatoms. The number of aliphatic hydroxyl groups excluding tert-OH is 2. The summed E-state index contributed by atoms with van der Waals surface area (Å²) in [5.74, 6) is -0.569. The van der Waals surface area contributed by atoms with Gasteiger partial charge in [0.25, 0.3) is 0 Å². The van der Waals surface area contributed by atoms with Crippen LogP contribution in [0.3, 0.4) is 0 Å². The Labute approximate surface area is 92.9 Å². The fourth-order valence-electron chi connectivity index (χ4n) is 1.27. The molecular formula is C11H14O5. The van der Waals surface area contributed by atoms with Gasteiger partial charge in [0.2, 0.25) is 0 Å². The van der Waals surface area contributed by atoms with Crippen LogP contribution >= 0.6 is 0 Å². The first-order valence-electron chi connectivity index (χ1n) is 4.80. The molecule has 0 aliphatic heterocycles. The van der Waals surface area contributed by atoms with Gasteiger partial charge in [0, 0.05) is 0 Å². The lowest BCUT2D eigenvalue weighted by Gasteiger charge is -2.15. The molecule has 0 radical (unpaired) electrons. The van der Waals surface area contributed by atoms with Crippen LogP contribution in [0.1, 0.15) is 15.9 Å². The van der Waals surface area contributed by atoms with Gasteiger partial charge >= 0.3 is 5.97 Å². The van der Waals surface area contributed by atoms with Crippen molar-refractivity contribution in [3.8, 4) is 5.75 Å². The number of rotatable bonds is 5. The zero-order valence-electron chi connectivity index (χ0n) is 8.88. The molecule has 0 amide bonds. The topological polar surface area (TPSA) is 87.0 Å². The van der Waals surface area contributed by atoms with Gasteiger partial charge in [-0.25, -0.2) is 4.79 Å².